The number of rotatable bonds is 5. The highest BCUT2D eigenvalue weighted by atomic mass is 32.2. The molecular weight excluding hydrogens is 296 g/mol. The normalized spacial score (nSPS) is 18.7. The lowest BCUT2D eigenvalue weighted by atomic mass is 10.2. The van der Waals surface area contributed by atoms with Crippen molar-refractivity contribution >= 4 is 16.9 Å². The van der Waals surface area contributed by atoms with Gasteiger partial charge in [-0.05, 0) is 36.6 Å². The van der Waals surface area contributed by atoms with Gasteiger partial charge in [0.1, 0.15) is 0 Å². The second-order valence-electron chi connectivity index (χ2n) is 5.22. The van der Waals surface area contributed by atoms with E-state index in [1.807, 2.05) is 16.9 Å². The highest BCUT2D eigenvalue weighted by Gasteiger charge is 2.14. The fourth-order valence-corrected chi connectivity index (χ4v) is 3.02. The van der Waals surface area contributed by atoms with Crippen LogP contribution >= 0.6 is 11.8 Å². The number of hydrogen-bond acceptors (Lipinski definition) is 4. The van der Waals surface area contributed by atoms with Gasteiger partial charge in [-0.2, -0.15) is 5.10 Å². The van der Waals surface area contributed by atoms with Crippen molar-refractivity contribution in [2.24, 2.45) is 10.7 Å². The molecule has 2 aromatic rings. The average Bonchev–Trinajstić information content (AvgIpc) is 3.24. The first kappa shape index (κ1) is 15.1. The first-order chi connectivity index (χ1) is 10.8. The lowest BCUT2D eigenvalue weighted by Gasteiger charge is -2.07. The minimum atomic E-state index is 0.257. The molecule has 0 bridgehead atoms. The Morgan fingerprint density at radius 1 is 1.41 bits per heavy atom. The van der Waals surface area contributed by atoms with Crippen LogP contribution in [0.3, 0.4) is 0 Å². The number of nitrogens with zero attached hydrogens (tertiary/aromatic N) is 3. The lowest BCUT2D eigenvalue weighted by molar-refractivity contribution is 0.118. The number of amidine groups is 1. The molecule has 0 radical (unpaired) electrons. The molecule has 0 aliphatic carbocycles. The highest BCUT2D eigenvalue weighted by molar-refractivity contribution is 8.13. The van der Waals surface area contributed by atoms with Crippen LogP contribution in [0.5, 0.6) is 0 Å². The Morgan fingerprint density at radius 2 is 2.27 bits per heavy atom. The van der Waals surface area contributed by atoms with Gasteiger partial charge in [0.2, 0.25) is 0 Å². The molecule has 1 aromatic carbocycles. The maximum atomic E-state index is 5.95. The molecule has 2 N–H and O–H groups in total. The van der Waals surface area contributed by atoms with Gasteiger partial charge in [-0.25, -0.2) is 4.68 Å². The Labute approximate surface area is 134 Å². The molecule has 1 aromatic heterocycles. The van der Waals surface area contributed by atoms with Crippen LogP contribution in [-0.4, -0.2) is 34.2 Å². The molecule has 2 heterocycles. The first-order valence-electron chi connectivity index (χ1n) is 7.44. The molecule has 5 nitrogen and oxygen atoms in total. The summed E-state index contributed by atoms with van der Waals surface area (Å²) in [5, 5.41) is 4.84. The van der Waals surface area contributed by atoms with Gasteiger partial charge in [-0.1, -0.05) is 23.9 Å². The van der Waals surface area contributed by atoms with Crippen molar-refractivity contribution in [3.8, 4) is 5.69 Å². The summed E-state index contributed by atoms with van der Waals surface area (Å²) in [6, 6.07) is 10.2. The Bertz CT molecular complexity index is 604. The second kappa shape index (κ2) is 7.47. The third-order valence-electron chi connectivity index (χ3n) is 3.57. The summed E-state index contributed by atoms with van der Waals surface area (Å²) in [6.45, 7) is 1.53. The van der Waals surface area contributed by atoms with Crippen molar-refractivity contribution in [2.75, 3.05) is 13.2 Å². The largest absolute Gasteiger partial charge is 0.379 e. The monoisotopic (exact) mass is 316 g/mol. The van der Waals surface area contributed by atoms with Crippen molar-refractivity contribution in [1.82, 2.24) is 9.78 Å². The standard InChI is InChI=1S/C16H20N4OS/c17-16(18-11-15-3-1-10-21-15)22-12-13-4-6-14(7-5-13)20-9-2-8-19-20/h2,4-9,15H,1,3,10-12H2,(H2,17,18). The molecular formula is C16H20N4OS. The van der Waals surface area contributed by atoms with E-state index in [-0.39, 0.29) is 6.10 Å². The number of hydrogen-bond donors (Lipinski definition) is 1. The summed E-state index contributed by atoms with van der Waals surface area (Å²) in [4.78, 5) is 4.40. The van der Waals surface area contributed by atoms with Crippen molar-refractivity contribution in [2.45, 2.75) is 24.7 Å². The minimum Gasteiger partial charge on any atom is -0.379 e. The van der Waals surface area contributed by atoms with E-state index >= 15 is 0 Å². The van der Waals surface area contributed by atoms with Crippen LogP contribution in [0, 0.1) is 0 Å². The van der Waals surface area contributed by atoms with Gasteiger partial charge in [0.05, 0.1) is 18.3 Å². The van der Waals surface area contributed by atoms with Crippen LogP contribution in [0.15, 0.2) is 47.7 Å². The average molecular weight is 316 g/mol. The summed E-state index contributed by atoms with van der Waals surface area (Å²) >= 11 is 1.57. The van der Waals surface area contributed by atoms with E-state index in [4.69, 9.17) is 10.5 Å². The first-order valence-corrected chi connectivity index (χ1v) is 8.43. The quantitative estimate of drug-likeness (QED) is 0.680. The molecule has 0 amide bonds. The van der Waals surface area contributed by atoms with E-state index in [1.165, 1.54) is 5.56 Å². The maximum Gasteiger partial charge on any atom is 0.154 e. The molecule has 1 saturated heterocycles. The predicted octanol–water partition coefficient (Wildman–Crippen LogP) is 2.60. The molecule has 1 aliphatic rings. The van der Waals surface area contributed by atoms with E-state index < -0.39 is 0 Å². The van der Waals surface area contributed by atoms with E-state index in [0.717, 1.165) is 30.9 Å². The van der Waals surface area contributed by atoms with Crippen LogP contribution in [0.4, 0.5) is 0 Å². The summed E-state index contributed by atoms with van der Waals surface area (Å²) < 4.78 is 7.38. The topological polar surface area (TPSA) is 65.4 Å². The zero-order chi connectivity index (χ0) is 15.2. The van der Waals surface area contributed by atoms with Gasteiger partial charge in [0.25, 0.3) is 0 Å². The van der Waals surface area contributed by atoms with Gasteiger partial charge < -0.3 is 10.5 Å². The van der Waals surface area contributed by atoms with Crippen LogP contribution in [0.25, 0.3) is 5.69 Å². The summed E-state index contributed by atoms with van der Waals surface area (Å²) in [5.41, 5.74) is 8.22. The molecule has 1 unspecified atom stereocenters. The molecule has 0 spiro atoms. The summed E-state index contributed by atoms with van der Waals surface area (Å²) in [7, 11) is 0. The number of aromatic nitrogens is 2. The molecule has 3 rings (SSSR count). The molecule has 1 aliphatic heterocycles. The van der Waals surface area contributed by atoms with Crippen LogP contribution in [0.2, 0.25) is 0 Å². The minimum absolute atomic E-state index is 0.257. The van der Waals surface area contributed by atoms with E-state index in [0.29, 0.717) is 11.7 Å². The molecule has 0 saturated carbocycles. The molecule has 22 heavy (non-hydrogen) atoms. The van der Waals surface area contributed by atoms with Gasteiger partial charge >= 0.3 is 0 Å². The third-order valence-corrected chi connectivity index (χ3v) is 4.47. The van der Waals surface area contributed by atoms with Crippen molar-refractivity contribution in [3.05, 3.63) is 48.3 Å². The van der Waals surface area contributed by atoms with E-state index in [9.17, 15) is 0 Å². The van der Waals surface area contributed by atoms with Crippen LogP contribution in [-0.2, 0) is 10.5 Å². The summed E-state index contributed by atoms with van der Waals surface area (Å²) in [6.07, 6.45) is 6.19. The molecule has 6 heteroatoms. The fourth-order valence-electron chi connectivity index (χ4n) is 2.35. The summed E-state index contributed by atoms with van der Waals surface area (Å²) in [5.74, 6) is 0.820. The van der Waals surface area contributed by atoms with Gasteiger partial charge in [-0.15, -0.1) is 0 Å². The molecule has 116 valence electrons. The smallest absolute Gasteiger partial charge is 0.154 e. The SMILES string of the molecule is NC(=NCC1CCCO1)SCc1ccc(-n2cccn2)cc1. The highest BCUT2D eigenvalue weighted by Crippen LogP contribution is 2.16. The van der Waals surface area contributed by atoms with E-state index in [2.05, 4.69) is 34.4 Å². The van der Waals surface area contributed by atoms with Crippen LogP contribution in [0.1, 0.15) is 18.4 Å². The third kappa shape index (κ3) is 4.11. The van der Waals surface area contributed by atoms with Gasteiger partial charge in [0, 0.05) is 24.8 Å². The van der Waals surface area contributed by atoms with Crippen LogP contribution < -0.4 is 5.73 Å². The fraction of sp³-hybridized carbons (Fsp3) is 0.375. The van der Waals surface area contributed by atoms with Crippen molar-refractivity contribution in [3.63, 3.8) is 0 Å². The van der Waals surface area contributed by atoms with Crippen molar-refractivity contribution < 1.29 is 4.74 Å². The number of ether oxygens (including phenoxy) is 1. The van der Waals surface area contributed by atoms with Crippen molar-refractivity contribution in [1.29, 1.82) is 0 Å². The van der Waals surface area contributed by atoms with E-state index in [1.54, 1.807) is 18.0 Å². The zero-order valence-electron chi connectivity index (χ0n) is 12.4. The zero-order valence-corrected chi connectivity index (χ0v) is 13.2. The van der Waals surface area contributed by atoms with Gasteiger partial charge in [0.15, 0.2) is 5.17 Å². The number of nitrogens with two attached hydrogens (primary N) is 1. The second-order valence-corrected chi connectivity index (χ2v) is 6.22. The molecule has 1 fully saturated rings. The molecule has 1 atom stereocenters. The maximum absolute atomic E-state index is 5.95. The van der Waals surface area contributed by atoms with Gasteiger partial charge in [-0.3, -0.25) is 4.99 Å². The number of thioether (sulfide) groups is 1. The number of benzene rings is 1. The predicted molar refractivity (Wildman–Crippen MR) is 90.3 cm³/mol. The lowest BCUT2D eigenvalue weighted by Crippen LogP contribution is -2.14. The number of aliphatic imine (C=N–C) groups is 1. The Morgan fingerprint density at radius 3 is 2.95 bits per heavy atom. The Hall–Kier alpha value is -1.79. The Kier molecular flexibility index (Phi) is 5.13. The Balaban J connectivity index is 1.49.